The molecular weight excluding hydrogens is 214 g/mol. The number of nitrogens with zero attached hydrogens (tertiary/aromatic N) is 3. The van der Waals surface area contributed by atoms with Gasteiger partial charge in [-0.3, -0.25) is 0 Å². The van der Waals surface area contributed by atoms with E-state index in [2.05, 4.69) is 0 Å². The minimum absolute atomic E-state index is 0.230. The van der Waals surface area contributed by atoms with Gasteiger partial charge in [0.1, 0.15) is 0 Å². The fourth-order valence-corrected chi connectivity index (χ4v) is 2.95. The van der Waals surface area contributed by atoms with Crippen molar-refractivity contribution in [2.75, 3.05) is 26.2 Å². The smallest absolute Gasteiger partial charge is 0.198 e. The van der Waals surface area contributed by atoms with Gasteiger partial charge in [0.05, 0.1) is 6.07 Å². The summed E-state index contributed by atoms with van der Waals surface area (Å²) in [6.45, 7) is 6.98. The second-order valence-electron chi connectivity index (χ2n) is 2.99. The molecule has 0 aliphatic heterocycles. The van der Waals surface area contributed by atoms with Crippen molar-refractivity contribution in [1.82, 2.24) is 8.61 Å². The van der Waals surface area contributed by atoms with E-state index < -0.39 is 10.2 Å². The molecule has 0 rings (SSSR count). The Labute approximate surface area is 92.5 Å². The van der Waals surface area contributed by atoms with Crippen LogP contribution >= 0.6 is 0 Å². The molecule has 88 valence electrons. The molecule has 0 N–H and O–H groups in total. The van der Waals surface area contributed by atoms with Gasteiger partial charge in [0.15, 0.2) is 0 Å². The van der Waals surface area contributed by atoms with Crippen LogP contribution in [0.2, 0.25) is 0 Å². The van der Waals surface area contributed by atoms with Gasteiger partial charge in [0, 0.05) is 32.6 Å². The van der Waals surface area contributed by atoms with Gasteiger partial charge in [-0.1, -0.05) is 20.8 Å². The van der Waals surface area contributed by atoms with Crippen molar-refractivity contribution >= 4 is 10.2 Å². The molecule has 0 unspecified atom stereocenters. The van der Waals surface area contributed by atoms with E-state index in [1.165, 1.54) is 8.61 Å². The lowest BCUT2D eigenvalue weighted by Crippen LogP contribution is -2.43. The third-order valence-electron chi connectivity index (χ3n) is 2.18. The zero-order chi connectivity index (χ0) is 11.9. The second-order valence-corrected chi connectivity index (χ2v) is 4.92. The van der Waals surface area contributed by atoms with E-state index in [9.17, 15) is 8.42 Å². The molecule has 0 saturated carbocycles. The lowest BCUT2D eigenvalue weighted by Gasteiger charge is -2.26. The molecule has 0 aromatic rings. The van der Waals surface area contributed by atoms with Gasteiger partial charge in [-0.05, 0) is 0 Å². The minimum atomic E-state index is -3.37. The van der Waals surface area contributed by atoms with Crippen molar-refractivity contribution in [2.24, 2.45) is 0 Å². The van der Waals surface area contributed by atoms with Crippen molar-refractivity contribution in [3.05, 3.63) is 0 Å². The lowest BCUT2D eigenvalue weighted by molar-refractivity contribution is 0.360. The van der Waals surface area contributed by atoms with Crippen LogP contribution in [-0.4, -0.2) is 43.2 Å². The van der Waals surface area contributed by atoms with E-state index in [4.69, 9.17) is 5.26 Å². The zero-order valence-corrected chi connectivity index (χ0v) is 10.4. The van der Waals surface area contributed by atoms with E-state index in [0.29, 0.717) is 19.6 Å². The number of hydrogen-bond donors (Lipinski definition) is 0. The quantitative estimate of drug-likeness (QED) is 0.653. The molecule has 0 aliphatic rings. The maximum atomic E-state index is 12.0. The van der Waals surface area contributed by atoms with Crippen molar-refractivity contribution in [2.45, 2.75) is 27.2 Å². The van der Waals surface area contributed by atoms with Gasteiger partial charge >= 0.3 is 0 Å². The molecule has 0 atom stereocenters. The van der Waals surface area contributed by atoms with E-state index >= 15 is 0 Å². The first kappa shape index (κ1) is 14.4. The first-order valence-electron chi connectivity index (χ1n) is 5.16. The average Bonchev–Trinajstić information content (AvgIpc) is 2.20. The molecule has 0 radical (unpaired) electrons. The zero-order valence-electron chi connectivity index (χ0n) is 9.60. The van der Waals surface area contributed by atoms with E-state index in [1.54, 1.807) is 20.8 Å². The highest BCUT2D eigenvalue weighted by molar-refractivity contribution is 7.86. The molecule has 0 bridgehead atoms. The summed E-state index contributed by atoms with van der Waals surface area (Å²) in [6.07, 6.45) is 0.230. The highest BCUT2D eigenvalue weighted by Crippen LogP contribution is 2.08. The summed E-state index contributed by atoms with van der Waals surface area (Å²) in [5.74, 6) is 0. The van der Waals surface area contributed by atoms with Gasteiger partial charge in [0.2, 0.25) is 0 Å². The molecular formula is C9H19N3O2S. The molecule has 15 heavy (non-hydrogen) atoms. The van der Waals surface area contributed by atoms with Gasteiger partial charge in [0.25, 0.3) is 10.2 Å². The van der Waals surface area contributed by atoms with Gasteiger partial charge in [-0.25, -0.2) is 0 Å². The van der Waals surface area contributed by atoms with E-state index in [1.807, 2.05) is 6.07 Å². The fourth-order valence-electron chi connectivity index (χ4n) is 1.32. The minimum Gasteiger partial charge on any atom is -0.198 e. The molecule has 0 saturated heterocycles. The van der Waals surface area contributed by atoms with Crippen molar-refractivity contribution in [3.63, 3.8) is 0 Å². The maximum absolute atomic E-state index is 12.0. The highest BCUT2D eigenvalue weighted by atomic mass is 32.2. The topological polar surface area (TPSA) is 64.4 Å². The molecule has 0 heterocycles. The third-order valence-corrected chi connectivity index (χ3v) is 4.45. The summed E-state index contributed by atoms with van der Waals surface area (Å²) < 4.78 is 26.7. The standard InChI is InChI=1S/C9H19N3O2S/c1-4-11(5-2)15(13,14)12(6-3)9-7-8-10/h4-7,9H2,1-3H3. The first-order valence-corrected chi connectivity index (χ1v) is 6.56. The Balaban J connectivity index is 4.73. The Morgan fingerprint density at radius 2 is 1.53 bits per heavy atom. The summed E-state index contributed by atoms with van der Waals surface area (Å²) in [6, 6.07) is 1.95. The normalized spacial score (nSPS) is 12.0. The van der Waals surface area contributed by atoms with Crippen LogP contribution in [0, 0.1) is 11.3 Å². The lowest BCUT2D eigenvalue weighted by atomic mass is 10.5. The summed E-state index contributed by atoms with van der Waals surface area (Å²) in [4.78, 5) is 0. The molecule has 0 spiro atoms. The van der Waals surface area contributed by atoms with Crippen molar-refractivity contribution in [1.29, 1.82) is 5.26 Å². The maximum Gasteiger partial charge on any atom is 0.281 e. The SMILES string of the molecule is CCN(CC)S(=O)(=O)N(CC)CCC#N. The van der Waals surface area contributed by atoms with Gasteiger partial charge in [-0.2, -0.15) is 22.3 Å². The fraction of sp³-hybridized carbons (Fsp3) is 0.889. The van der Waals surface area contributed by atoms with Crippen LogP contribution in [0.1, 0.15) is 27.2 Å². The Hall–Kier alpha value is -0.640. The van der Waals surface area contributed by atoms with Crippen LogP contribution in [0.25, 0.3) is 0 Å². The molecule has 0 fully saturated rings. The van der Waals surface area contributed by atoms with Crippen LogP contribution in [0.4, 0.5) is 0 Å². The summed E-state index contributed by atoms with van der Waals surface area (Å²) in [5, 5.41) is 8.44. The molecule has 0 aliphatic carbocycles. The van der Waals surface area contributed by atoms with Crippen molar-refractivity contribution < 1.29 is 8.42 Å². The molecule has 0 amide bonds. The Kier molecular flexibility index (Phi) is 6.48. The summed E-state index contributed by atoms with van der Waals surface area (Å²) in [7, 11) is -3.37. The first-order chi connectivity index (χ1) is 7.04. The predicted octanol–water partition coefficient (Wildman–Crippen LogP) is 0.809. The summed E-state index contributed by atoms with van der Waals surface area (Å²) >= 11 is 0. The number of nitriles is 1. The molecule has 5 nitrogen and oxygen atoms in total. The van der Waals surface area contributed by atoms with Crippen LogP contribution in [0.5, 0.6) is 0 Å². The summed E-state index contributed by atoms with van der Waals surface area (Å²) in [5.41, 5.74) is 0. The third kappa shape index (κ3) is 3.78. The number of hydrogen-bond acceptors (Lipinski definition) is 3. The number of rotatable bonds is 7. The van der Waals surface area contributed by atoms with Crippen LogP contribution < -0.4 is 0 Å². The van der Waals surface area contributed by atoms with E-state index in [0.717, 1.165) is 0 Å². The largest absolute Gasteiger partial charge is 0.281 e. The Morgan fingerprint density at radius 1 is 1.07 bits per heavy atom. The van der Waals surface area contributed by atoms with Crippen LogP contribution in [0.3, 0.4) is 0 Å². The highest BCUT2D eigenvalue weighted by Gasteiger charge is 2.25. The Bertz CT molecular complexity index is 304. The molecule has 0 aromatic carbocycles. The predicted molar refractivity (Wildman–Crippen MR) is 59.3 cm³/mol. The Morgan fingerprint density at radius 3 is 1.87 bits per heavy atom. The van der Waals surface area contributed by atoms with Gasteiger partial charge < -0.3 is 0 Å². The second kappa shape index (κ2) is 6.77. The van der Waals surface area contributed by atoms with Crippen molar-refractivity contribution in [3.8, 4) is 6.07 Å². The van der Waals surface area contributed by atoms with Crippen LogP contribution in [0.15, 0.2) is 0 Å². The molecule has 6 heteroatoms. The van der Waals surface area contributed by atoms with Gasteiger partial charge in [-0.15, -0.1) is 0 Å². The van der Waals surface area contributed by atoms with E-state index in [-0.39, 0.29) is 13.0 Å². The monoisotopic (exact) mass is 233 g/mol. The van der Waals surface area contributed by atoms with Crippen LogP contribution in [-0.2, 0) is 10.2 Å². The molecule has 0 aromatic heterocycles. The average molecular weight is 233 g/mol.